The average Bonchev–Trinajstić information content (AvgIpc) is 2.31. The lowest BCUT2D eigenvalue weighted by molar-refractivity contribution is -0.125. The third kappa shape index (κ3) is 6.44. The first-order chi connectivity index (χ1) is 7.90. The summed E-state index contributed by atoms with van der Waals surface area (Å²) >= 11 is 0. The van der Waals surface area contributed by atoms with Gasteiger partial charge in [0.1, 0.15) is 0 Å². The van der Waals surface area contributed by atoms with Crippen molar-refractivity contribution >= 4 is 5.91 Å². The minimum atomic E-state index is -0.130. The lowest BCUT2D eigenvalue weighted by Crippen LogP contribution is -2.44. The van der Waals surface area contributed by atoms with Gasteiger partial charge in [-0.1, -0.05) is 19.9 Å². The van der Waals surface area contributed by atoms with Crippen molar-refractivity contribution in [2.45, 2.75) is 39.3 Å². The number of nitrogens with zero attached hydrogens (tertiary/aromatic N) is 1. The highest BCUT2D eigenvalue weighted by atomic mass is 16.2. The molecule has 100 valence electrons. The molecule has 0 saturated carbocycles. The van der Waals surface area contributed by atoms with Crippen molar-refractivity contribution in [3.63, 3.8) is 0 Å². The molecule has 1 amide bonds. The molecule has 0 bridgehead atoms. The molecule has 3 N–H and O–H groups in total. The number of nitrogens with two attached hydrogens (primary N) is 1. The molecule has 2 unspecified atom stereocenters. The van der Waals surface area contributed by atoms with Crippen molar-refractivity contribution in [2.24, 2.45) is 11.7 Å². The number of carbonyl (C=O) groups is 1. The van der Waals surface area contributed by atoms with Crippen molar-refractivity contribution in [2.75, 3.05) is 20.1 Å². The number of carbonyl (C=O) groups excluding carboxylic acids is 1. The van der Waals surface area contributed by atoms with Gasteiger partial charge in [-0.05, 0) is 26.3 Å². The molecule has 0 aromatic heterocycles. The van der Waals surface area contributed by atoms with Crippen LogP contribution >= 0.6 is 0 Å². The number of amides is 1. The first kappa shape index (κ1) is 16.1. The van der Waals surface area contributed by atoms with Crippen LogP contribution in [0.4, 0.5) is 0 Å². The molecule has 0 rings (SSSR count). The molecule has 2 atom stereocenters. The second kappa shape index (κ2) is 8.25. The second-order valence-corrected chi connectivity index (χ2v) is 4.89. The lowest BCUT2D eigenvalue weighted by Gasteiger charge is -2.26. The van der Waals surface area contributed by atoms with Gasteiger partial charge < -0.3 is 11.1 Å². The van der Waals surface area contributed by atoms with E-state index in [9.17, 15) is 4.79 Å². The molecule has 17 heavy (non-hydrogen) atoms. The number of rotatable bonds is 8. The van der Waals surface area contributed by atoms with Gasteiger partial charge in [0, 0.05) is 19.1 Å². The van der Waals surface area contributed by atoms with E-state index in [1.807, 2.05) is 18.9 Å². The van der Waals surface area contributed by atoms with E-state index in [1.54, 1.807) is 6.08 Å². The fourth-order valence-corrected chi connectivity index (χ4v) is 1.40. The molecule has 0 spiro atoms. The summed E-state index contributed by atoms with van der Waals surface area (Å²) in [5, 5.41) is 2.79. The normalized spacial score (nSPS) is 14.8. The van der Waals surface area contributed by atoms with E-state index in [-0.39, 0.29) is 18.0 Å². The fraction of sp³-hybridized carbons (Fsp3) is 0.769. The number of likely N-dealkylation sites (N-methyl/N-ethyl adjacent to an activating group) is 1. The Morgan fingerprint density at radius 3 is 2.53 bits per heavy atom. The zero-order valence-electron chi connectivity index (χ0n) is 11.6. The van der Waals surface area contributed by atoms with Crippen LogP contribution in [0.2, 0.25) is 0 Å². The molecule has 0 radical (unpaired) electrons. The Bertz CT molecular complexity index is 241. The van der Waals surface area contributed by atoms with Gasteiger partial charge in [-0.25, -0.2) is 0 Å². The number of nitrogens with one attached hydrogen (secondary N) is 1. The molecular weight excluding hydrogens is 214 g/mol. The largest absolute Gasteiger partial charge is 0.351 e. The molecule has 0 aliphatic carbocycles. The van der Waals surface area contributed by atoms with E-state index in [2.05, 4.69) is 25.7 Å². The molecule has 4 nitrogen and oxygen atoms in total. The molecule has 0 aromatic carbocycles. The van der Waals surface area contributed by atoms with Crippen LogP contribution in [0.15, 0.2) is 12.7 Å². The van der Waals surface area contributed by atoms with E-state index in [4.69, 9.17) is 5.73 Å². The van der Waals surface area contributed by atoms with E-state index in [1.165, 1.54) is 0 Å². The smallest absolute Gasteiger partial charge is 0.237 e. The van der Waals surface area contributed by atoms with Gasteiger partial charge in [0.15, 0.2) is 0 Å². The van der Waals surface area contributed by atoms with Crippen molar-refractivity contribution in [3.8, 4) is 0 Å². The minimum Gasteiger partial charge on any atom is -0.351 e. The van der Waals surface area contributed by atoms with Crippen LogP contribution in [0.25, 0.3) is 0 Å². The Morgan fingerprint density at radius 1 is 1.47 bits per heavy atom. The summed E-state index contributed by atoms with van der Waals surface area (Å²) in [7, 11) is 1.95. The van der Waals surface area contributed by atoms with Crippen LogP contribution in [-0.4, -0.2) is 43.0 Å². The molecule has 0 aliphatic rings. The molecule has 0 aliphatic heterocycles. The quantitative estimate of drug-likeness (QED) is 0.623. The summed E-state index contributed by atoms with van der Waals surface area (Å²) in [6, 6.07) is 0.0650. The summed E-state index contributed by atoms with van der Waals surface area (Å²) in [4.78, 5) is 13.7. The summed E-state index contributed by atoms with van der Waals surface area (Å²) in [5.74, 6) is 0.513. The molecule has 0 heterocycles. The Labute approximate surface area is 105 Å². The summed E-state index contributed by atoms with van der Waals surface area (Å²) in [5.41, 5.74) is 5.98. The molecule has 0 aromatic rings. The van der Waals surface area contributed by atoms with E-state index in [0.717, 1.165) is 13.0 Å². The third-order valence-electron chi connectivity index (χ3n) is 3.13. The van der Waals surface area contributed by atoms with Crippen molar-refractivity contribution < 1.29 is 4.79 Å². The van der Waals surface area contributed by atoms with Gasteiger partial charge in [-0.2, -0.15) is 0 Å². The van der Waals surface area contributed by atoms with E-state index in [0.29, 0.717) is 12.5 Å². The van der Waals surface area contributed by atoms with Crippen LogP contribution in [0.5, 0.6) is 0 Å². The fourth-order valence-electron chi connectivity index (χ4n) is 1.40. The third-order valence-corrected chi connectivity index (χ3v) is 3.13. The van der Waals surface area contributed by atoms with Gasteiger partial charge in [-0.15, -0.1) is 6.58 Å². The van der Waals surface area contributed by atoms with Crippen LogP contribution in [0.1, 0.15) is 27.2 Å². The monoisotopic (exact) mass is 241 g/mol. The van der Waals surface area contributed by atoms with Gasteiger partial charge >= 0.3 is 0 Å². The van der Waals surface area contributed by atoms with E-state index >= 15 is 0 Å². The Morgan fingerprint density at radius 2 is 2.06 bits per heavy atom. The first-order valence-corrected chi connectivity index (χ1v) is 6.24. The van der Waals surface area contributed by atoms with E-state index < -0.39 is 0 Å². The summed E-state index contributed by atoms with van der Waals surface area (Å²) in [6.45, 7) is 11.1. The van der Waals surface area contributed by atoms with Crippen LogP contribution < -0.4 is 11.1 Å². The SMILES string of the molecule is C=CCNC(=O)C(C)N(C)CCC(N)C(C)C. The van der Waals surface area contributed by atoms with Crippen LogP contribution in [-0.2, 0) is 4.79 Å². The highest BCUT2D eigenvalue weighted by Gasteiger charge is 2.18. The predicted octanol–water partition coefficient (Wildman–Crippen LogP) is 0.982. The molecule has 0 saturated heterocycles. The second-order valence-electron chi connectivity index (χ2n) is 4.89. The maximum Gasteiger partial charge on any atom is 0.237 e. The van der Waals surface area contributed by atoms with Gasteiger partial charge in [-0.3, -0.25) is 9.69 Å². The Hall–Kier alpha value is -0.870. The number of hydrogen-bond donors (Lipinski definition) is 2. The van der Waals surface area contributed by atoms with Crippen molar-refractivity contribution in [1.29, 1.82) is 0 Å². The molecule has 0 fully saturated rings. The first-order valence-electron chi connectivity index (χ1n) is 6.24. The predicted molar refractivity (Wildman–Crippen MR) is 72.7 cm³/mol. The standard InChI is InChI=1S/C13H27N3O/c1-6-8-15-13(17)11(4)16(5)9-7-12(14)10(2)3/h6,10-12H,1,7-9,14H2,2-5H3,(H,15,17). The zero-order valence-corrected chi connectivity index (χ0v) is 11.6. The van der Waals surface area contributed by atoms with Crippen molar-refractivity contribution in [3.05, 3.63) is 12.7 Å². The topological polar surface area (TPSA) is 58.4 Å². The van der Waals surface area contributed by atoms with Gasteiger partial charge in [0.05, 0.1) is 6.04 Å². The number of hydrogen-bond acceptors (Lipinski definition) is 3. The Kier molecular flexibility index (Phi) is 7.83. The average molecular weight is 241 g/mol. The lowest BCUT2D eigenvalue weighted by atomic mass is 10.0. The Balaban J connectivity index is 4.00. The van der Waals surface area contributed by atoms with Gasteiger partial charge in [0.2, 0.25) is 5.91 Å². The van der Waals surface area contributed by atoms with Gasteiger partial charge in [0.25, 0.3) is 0 Å². The zero-order chi connectivity index (χ0) is 13.4. The van der Waals surface area contributed by atoms with Crippen LogP contribution in [0.3, 0.4) is 0 Å². The summed E-state index contributed by atoms with van der Waals surface area (Å²) in [6.07, 6.45) is 2.59. The molecular formula is C13H27N3O. The maximum atomic E-state index is 11.7. The minimum absolute atomic E-state index is 0.0329. The molecule has 4 heteroatoms. The maximum absolute atomic E-state index is 11.7. The van der Waals surface area contributed by atoms with Crippen LogP contribution in [0, 0.1) is 5.92 Å². The highest BCUT2D eigenvalue weighted by molar-refractivity contribution is 5.81. The highest BCUT2D eigenvalue weighted by Crippen LogP contribution is 2.05. The van der Waals surface area contributed by atoms with Crippen molar-refractivity contribution in [1.82, 2.24) is 10.2 Å². The summed E-state index contributed by atoms with van der Waals surface area (Å²) < 4.78 is 0.